The van der Waals surface area contributed by atoms with Gasteiger partial charge in [0.05, 0.1) is 6.04 Å². The zero-order valence-electron chi connectivity index (χ0n) is 14.8. The molecular weight excluding hydrogens is 294 g/mol. The lowest BCUT2D eigenvalue weighted by Gasteiger charge is -2.21. The lowest BCUT2D eigenvalue weighted by molar-refractivity contribution is -0.0411. The Kier molecular flexibility index (Phi) is 8.29. The lowest BCUT2D eigenvalue weighted by atomic mass is 10.1. The van der Waals surface area contributed by atoms with E-state index < -0.39 is 0 Å². The Balaban J connectivity index is 1.96. The first-order valence-electron chi connectivity index (χ1n) is 9.02. The van der Waals surface area contributed by atoms with Gasteiger partial charge in [0.1, 0.15) is 6.10 Å². The molecule has 2 rings (SSSR count). The molecule has 2 nitrogen and oxygen atoms in total. The SMILES string of the molecule is CCCC[C@@H](/C=C/c1ccccc1)NO[C@H](CC)c1ccccc1. The van der Waals surface area contributed by atoms with E-state index in [9.17, 15) is 0 Å². The number of hydrogen-bond donors (Lipinski definition) is 1. The van der Waals surface area contributed by atoms with Crippen LogP contribution in [0.1, 0.15) is 56.8 Å². The van der Waals surface area contributed by atoms with Crippen LogP contribution in [0, 0.1) is 0 Å². The molecule has 0 aliphatic rings. The largest absolute Gasteiger partial charge is 0.293 e. The van der Waals surface area contributed by atoms with Crippen molar-refractivity contribution < 1.29 is 4.84 Å². The van der Waals surface area contributed by atoms with E-state index in [4.69, 9.17) is 4.84 Å². The minimum absolute atomic E-state index is 0.0838. The maximum absolute atomic E-state index is 6.02. The Bertz CT molecular complexity index is 579. The molecule has 0 saturated heterocycles. The highest BCUT2D eigenvalue weighted by Crippen LogP contribution is 2.20. The van der Waals surface area contributed by atoms with Crippen LogP contribution in [0.4, 0.5) is 0 Å². The Morgan fingerprint density at radius 2 is 1.62 bits per heavy atom. The van der Waals surface area contributed by atoms with Crippen LogP contribution in [-0.2, 0) is 4.84 Å². The number of nitrogens with one attached hydrogen (secondary N) is 1. The lowest BCUT2D eigenvalue weighted by Crippen LogP contribution is -2.29. The van der Waals surface area contributed by atoms with Crippen molar-refractivity contribution in [3.63, 3.8) is 0 Å². The highest BCUT2D eigenvalue weighted by atomic mass is 16.7. The van der Waals surface area contributed by atoms with Crippen molar-refractivity contribution in [2.45, 2.75) is 51.7 Å². The molecular formula is C22H29NO. The van der Waals surface area contributed by atoms with Gasteiger partial charge < -0.3 is 0 Å². The third-order valence-electron chi connectivity index (χ3n) is 4.09. The number of unbranched alkanes of at least 4 members (excludes halogenated alkanes) is 1. The maximum Gasteiger partial charge on any atom is 0.104 e. The van der Waals surface area contributed by atoms with Crippen molar-refractivity contribution in [2.75, 3.05) is 0 Å². The van der Waals surface area contributed by atoms with E-state index >= 15 is 0 Å². The molecule has 0 radical (unpaired) electrons. The van der Waals surface area contributed by atoms with Crippen LogP contribution in [0.2, 0.25) is 0 Å². The zero-order chi connectivity index (χ0) is 17.0. The molecule has 24 heavy (non-hydrogen) atoms. The standard InChI is InChI=1S/C22H29NO/c1-3-5-16-21(18-17-19-12-8-6-9-13-19)23-24-22(4-2)20-14-10-7-11-15-20/h6-15,17-18,21-23H,3-5,16H2,1-2H3/b18-17+/t21-,22+/m0/s1. The second kappa shape index (κ2) is 10.8. The summed E-state index contributed by atoms with van der Waals surface area (Å²) in [6.45, 7) is 4.37. The number of rotatable bonds is 10. The fourth-order valence-electron chi connectivity index (χ4n) is 2.63. The molecule has 0 heterocycles. The summed E-state index contributed by atoms with van der Waals surface area (Å²) >= 11 is 0. The van der Waals surface area contributed by atoms with Gasteiger partial charge in [-0.2, -0.15) is 5.48 Å². The van der Waals surface area contributed by atoms with Gasteiger partial charge in [-0.1, -0.05) is 99.5 Å². The fraction of sp³-hybridized carbons (Fsp3) is 0.364. The molecule has 1 N–H and O–H groups in total. The van der Waals surface area contributed by atoms with Crippen molar-refractivity contribution >= 4 is 6.08 Å². The van der Waals surface area contributed by atoms with Gasteiger partial charge in [-0.3, -0.25) is 4.84 Å². The highest BCUT2D eigenvalue weighted by molar-refractivity contribution is 5.49. The number of hydrogen-bond acceptors (Lipinski definition) is 2. The fourth-order valence-corrected chi connectivity index (χ4v) is 2.63. The van der Waals surface area contributed by atoms with Gasteiger partial charge in [0, 0.05) is 0 Å². The van der Waals surface area contributed by atoms with Gasteiger partial charge in [0.15, 0.2) is 0 Å². The first kappa shape index (κ1) is 18.4. The van der Waals surface area contributed by atoms with Crippen molar-refractivity contribution in [3.8, 4) is 0 Å². The van der Waals surface area contributed by atoms with Gasteiger partial charge in [-0.15, -0.1) is 0 Å². The van der Waals surface area contributed by atoms with Crippen LogP contribution >= 0.6 is 0 Å². The van der Waals surface area contributed by atoms with Crippen molar-refractivity contribution in [2.24, 2.45) is 0 Å². The summed E-state index contributed by atoms with van der Waals surface area (Å²) in [4.78, 5) is 6.02. The molecule has 0 amide bonds. The summed E-state index contributed by atoms with van der Waals surface area (Å²) in [5.74, 6) is 0. The molecule has 0 fully saturated rings. The smallest absolute Gasteiger partial charge is 0.104 e. The third-order valence-corrected chi connectivity index (χ3v) is 4.09. The highest BCUT2D eigenvalue weighted by Gasteiger charge is 2.12. The van der Waals surface area contributed by atoms with Gasteiger partial charge in [0.2, 0.25) is 0 Å². The Hall–Kier alpha value is -1.90. The van der Waals surface area contributed by atoms with Crippen molar-refractivity contribution in [3.05, 3.63) is 77.9 Å². The summed E-state index contributed by atoms with van der Waals surface area (Å²) < 4.78 is 0. The molecule has 0 saturated carbocycles. The van der Waals surface area contributed by atoms with E-state index in [1.54, 1.807) is 0 Å². The predicted octanol–water partition coefficient (Wildman–Crippen LogP) is 5.93. The maximum atomic E-state index is 6.02. The van der Waals surface area contributed by atoms with Crippen molar-refractivity contribution in [1.29, 1.82) is 0 Å². The first-order valence-corrected chi connectivity index (χ1v) is 9.02. The van der Waals surface area contributed by atoms with E-state index in [1.807, 2.05) is 12.1 Å². The Morgan fingerprint density at radius 3 is 2.25 bits per heavy atom. The van der Waals surface area contributed by atoms with Crippen LogP contribution in [-0.4, -0.2) is 6.04 Å². The molecule has 0 unspecified atom stereocenters. The quantitative estimate of drug-likeness (QED) is 0.547. The average molecular weight is 323 g/mol. The third kappa shape index (κ3) is 6.31. The monoisotopic (exact) mass is 323 g/mol. The summed E-state index contributed by atoms with van der Waals surface area (Å²) in [5, 5.41) is 0. The summed E-state index contributed by atoms with van der Waals surface area (Å²) in [6, 6.07) is 21.0. The topological polar surface area (TPSA) is 21.3 Å². The molecule has 0 bridgehead atoms. The van der Waals surface area contributed by atoms with Crippen LogP contribution in [0.3, 0.4) is 0 Å². The van der Waals surface area contributed by atoms with E-state index in [-0.39, 0.29) is 12.1 Å². The van der Waals surface area contributed by atoms with E-state index in [1.165, 1.54) is 24.0 Å². The zero-order valence-corrected chi connectivity index (χ0v) is 14.8. The van der Waals surface area contributed by atoms with Crippen LogP contribution in [0.25, 0.3) is 6.08 Å². The molecule has 0 aromatic heterocycles. The first-order chi connectivity index (χ1) is 11.8. The van der Waals surface area contributed by atoms with Crippen LogP contribution in [0.5, 0.6) is 0 Å². The van der Waals surface area contributed by atoms with Gasteiger partial charge >= 0.3 is 0 Å². The van der Waals surface area contributed by atoms with Gasteiger partial charge in [-0.25, -0.2) is 0 Å². The van der Waals surface area contributed by atoms with E-state index in [2.05, 4.69) is 80.0 Å². The summed E-state index contributed by atoms with van der Waals surface area (Å²) in [5.41, 5.74) is 5.72. The van der Waals surface area contributed by atoms with Gasteiger partial charge in [-0.05, 0) is 24.0 Å². The number of hydroxylamine groups is 1. The Morgan fingerprint density at radius 1 is 0.958 bits per heavy atom. The summed E-state index contributed by atoms with van der Waals surface area (Å²) in [7, 11) is 0. The van der Waals surface area contributed by atoms with Crippen molar-refractivity contribution in [1.82, 2.24) is 5.48 Å². The second-order valence-electron chi connectivity index (χ2n) is 6.06. The molecule has 2 aromatic rings. The molecule has 128 valence electrons. The second-order valence-corrected chi connectivity index (χ2v) is 6.06. The minimum atomic E-state index is 0.0838. The molecule has 2 aromatic carbocycles. The Labute approximate surface area is 146 Å². The van der Waals surface area contributed by atoms with Gasteiger partial charge in [0.25, 0.3) is 0 Å². The average Bonchev–Trinajstić information content (AvgIpc) is 2.65. The van der Waals surface area contributed by atoms with E-state index in [0.29, 0.717) is 0 Å². The molecule has 2 heteroatoms. The minimum Gasteiger partial charge on any atom is -0.293 e. The molecule has 0 spiro atoms. The summed E-state index contributed by atoms with van der Waals surface area (Å²) in [6.07, 6.45) is 8.85. The van der Waals surface area contributed by atoms with Crippen LogP contribution < -0.4 is 5.48 Å². The van der Waals surface area contributed by atoms with Crippen LogP contribution in [0.15, 0.2) is 66.7 Å². The molecule has 0 aliphatic heterocycles. The molecule has 2 atom stereocenters. The van der Waals surface area contributed by atoms with E-state index in [0.717, 1.165) is 12.8 Å². The predicted molar refractivity (Wildman–Crippen MR) is 102 cm³/mol. The molecule has 0 aliphatic carbocycles. The number of benzene rings is 2. The normalized spacial score (nSPS) is 13.9.